The van der Waals surface area contributed by atoms with Crippen LogP contribution >= 0.6 is 22.9 Å². The number of nitrogens with one attached hydrogen (secondary N) is 1. The van der Waals surface area contributed by atoms with Crippen molar-refractivity contribution in [3.8, 4) is 10.6 Å². The number of carbonyl (C=O) groups excluding carboxylic acids is 1. The van der Waals surface area contributed by atoms with Gasteiger partial charge in [0, 0.05) is 34.7 Å². The van der Waals surface area contributed by atoms with E-state index in [1.54, 1.807) is 30.5 Å². The maximum absolute atomic E-state index is 12.3. The Hall–Kier alpha value is -2.63. The number of hydrogen-bond acceptors (Lipinski definition) is 3. The molecule has 4 rings (SSSR count). The summed E-state index contributed by atoms with van der Waals surface area (Å²) in [5.74, 6) is -0.199. The van der Waals surface area contributed by atoms with E-state index < -0.39 is 0 Å². The number of para-hydroxylation sites is 1. The average Bonchev–Trinajstić information content (AvgIpc) is 3.20. The van der Waals surface area contributed by atoms with Crippen LogP contribution in [0.1, 0.15) is 10.4 Å². The number of halogens is 1. The lowest BCUT2D eigenvalue weighted by molar-refractivity contribution is 0.102. The van der Waals surface area contributed by atoms with Gasteiger partial charge in [0.05, 0.1) is 10.6 Å². The number of aromatic nitrogens is 2. The second-order valence-electron chi connectivity index (χ2n) is 5.64. The summed E-state index contributed by atoms with van der Waals surface area (Å²) < 4.78 is 2.13. The number of nitrogens with zero attached hydrogens (tertiary/aromatic N) is 2. The second-order valence-corrected chi connectivity index (χ2v) is 7.11. The van der Waals surface area contributed by atoms with E-state index in [1.807, 2.05) is 19.2 Å². The summed E-state index contributed by atoms with van der Waals surface area (Å²) in [6, 6.07) is 17.1. The Morgan fingerprint density at radius 1 is 1.16 bits per heavy atom. The Morgan fingerprint density at radius 2 is 1.92 bits per heavy atom. The van der Waals surface area contributed by atoms with Crippen molar-refractivity contribution in [1.29, 1.82) is 0 Å². The van der Waals surface area contributed by atoms with Crippen molar-refractivity contribution in [2.75, 3.05) is 5.32 Å². The van der Waals surface area contributed by atoms with Gasteiger partial charge in [0.25, 0.3) is 5.91 Å². The molecule has 6 heteroatoms. The van der Waals surface area contributed by atoms with Crippen LogP contribution in [0.3, 0.4) is 0 Å². The van der Waals surface area contributed by atoms with Crippen LogP contribution in [0.15, 0.2) is 60.8 Å². The first-order chi connectivity index (χ1) is 12.1. The van der Waals surface area contributed by atoms with Crippen LogP contribution in [0.25, 0.3) is 21.5 Å². The zero-order valence-corrected chi connectivity index (χ0v) is 14.9. The minimum absolute atomic E-state index is 0.199. The Bertz CT molecular complexity index is 1070. The summed E-state index contributed by atoms with van der Waals surface area (Å²) in [6.45, 7) is 0. The highest BCUT2D eigenvalue weighted by molar-refractivity contribution is 7.19. The highest BCUT2D eigenvalue weighted by Crippen LogP contribution is 2.32. The summed E-state index contributed by atoms with van der Waals surface area (Å²) in [4.78, 5) is 17.6. The molecule has 0 aliphatic heterocycles. The molecule has 0 radical (unpaired) electrons. The third-order valence-corrected chi connectivity index (χ3v) is 5.22. The monoisotopic (exact) mass is 367 g/mol. The van der Waals surface area contributed by atoms with Crippen LogP contribution in [0.5, 0.6) is 0 Å². The molecule has 2 heterocycles. The smallest absolute Gasteiger partial charge is 0.257 e. The molecule has 0 aliphatic carbocycles. The van der Waals surface area contributed by atoms with Gasteiger partial charge in [0.15, 0.2) is 5.13 Å². The normalized spacial score (nSPS) is 11.0. The number of anilines is 1. The Kier molecular flexibility index (Phi) is 4.03. The molecular weight excluding hydrogens is 354 g/mol. The van der Waals surface area contributed by atoms with Gasteiger partial charge < -0.3 is 4.57 Å². The molecule has 2 aromatic carbocycles. The van der Waals surface area contributed by atoms with Crippen LogP contribution in [-0.2, 0) is 7.05 Å². The number of carbonyl (C=O) groups is 1. The van der Waals surface area contributed by atoms with Gasteiger partial charge in [0.2, 0.25) is 0 Å². The fourth-order valence-corrected chi connectivity index (χ4v) is 3.74. The number of thiazole rings is 1. The van der Waals surface area contributed by atoms with Gasteiger partial charge in [0.1, 0.15) is 0 Å². The largest absolute Gasteiger partial charge is 0.343 e. The van der Waals surface area contributed by atoms with Crippen molar-refractivity contribution < 1.29 is 4.79 Å². The predicted molar refractivity (Wildman–Crippen MR) is 103 cm³/mol. The summed E-state index contributed by atoms with van der Waals surface area (Å²) in [5, 5.41) is 5.19. The number of benzene rings is 2. The van der Waals surface area contributed by atoms with Gasteiger partial charge in [-0.3, -0.25) is 10.1 Å². The zero-order chi connectivity index (χ0) is 17.4. The molecule has 124 valence electrons. The third-order valence-electron chi connectivity index (χ3n) is 4.04. The van der Waals surface area contributed by atoms with Gasteiger partial charge in [-0.15, -0.1) is 0 Å². The third kappa shape index (κ3) is 3.04. The highest BCUT2D eigenvalue weighted by atomic mass is 35.5. The van der Waals surface area contributed by atoms with Crippen LogP contribution in [0, 0.1) is 0 Å². The van der Waals surface area contributed by atoms with Crippen LogP contribution in [0.4, 0.5) is 5.13 Å². The number of amides is 1. The highest BCUT2D eigenvalue weighted by Gasteiger charge is 2.13. The number of rotatable bonds is 3. The molecular formula is C19H14ClN3OS. The Balaban J connectivity index is 1.60. The second kappa shape index (κ2) is 6.35. The molecule has 25 heavy (non-hydrogen) atoms. The van der Waals surface area contributed by atoms with Crippen molar-refractivity contribution >= 4 is 44.9 Å². The molecule has 0 saturated heterocycles. The van der Waals surface area contributed by atoms with Crippen molar-refractivity contribution in [2.45, 2.75) is 0 Å². The molecule has 0 saturated carbocycles. The molecule has 0 fully saturated rings. The molecule has 0 unspecified atom stereocenters. The van der Waals surface area contributed by atoms with E-state index >= 15 is 0 Å². The standard InChI is InChI=1S/C19H14ClN3OS/c1-23-15-5-3-2-4-13(15)10-16(23)17-11-21-19(25-17)22-18(24)12-6-8-14(20)9-7-12/h2-11H,1H3,(H,21,22,24). The first-order valence-electron chi connectivity index (χ1n) is 7.69. The summed E-state index contributed by atoms with van der Waals surface area (Å²) in [7, 11) is 2.03. The van der Waals surface area contributed by atoms with Gasteiger partial charge in [-0.05, 0) is 36.4 Å². The van der Waals surface area contributed by atoms with E-state index in [1.165, 1.54) is 16.7 Å². The lowest BCUT2D eigenvalue weighted by Crippen LogP contribution is -2.11. The van der Waals surface area contributed by atoms with E-state index in [9.17, 15) is 4.79 Å². The first-order valence-corrected chi connectivity index (χ1v) is 8.89. The fraction of sp³-hybridized carbons (Fsp3) is 0.0526. The minimum Gasteiger partial charge on any atom is -0.343 e. The van der Waals surface area contributed by atoms with Crippen LogP contribution in [0.2, 0.25) is 5.02 Å². The fourth-order valence-electron chi connectivity index (χ4n) is 2.75. The van der Waals surface area contributed by atoms with E-state index in [0.29, 0.717) is 15.7 Å². The minimum atomic E-state index is -0.199. The average molecular weight is 368 g/mol. The maximum Gasteiger partial charge on any atom is 0.257 e. The van der Waals surface area contributed by atoms with Gasteiger partial charge in [-0.2, -0.15) is 0 Å². The summed E-state index contributed by atoms with van der Waals surface area (Å²) in [5.41, 5.74) is 2.79. The molecule has 0 bridgehead atoms. The first kappa shape index (κ1) is 15.9. The quantitative estimate of drug-likeness (QED) is 0.540. The van der Waals surface area contributed by atoms with E-state index in [-0.39, 0.29) is 5.91 Å². The molecule has 4 nitrogen and oxygen atoms in total. The lowest BCUT2D eigenvalue weighted by atomic mass is 10.2. The number of hydrogen-bond donors (Lipinski definition) is 1. The molecule has 1 amide bonds. The molecule has 4 aromatic rings. The van der Waals surface area contributed by atoms with E-state index in [0.717, 1.165) is 16.1 Å². The van der Waals surface area contributed by atoms with Crippen molar-refractivity contribution in [2.24, 2.45) is 7.05 Å². The van der Waals surface area contributed by atoms with Gasteiger partial charge in [-0.1, -0.05) is 41.1 Å². The molecule has 0 spiro atoms. The van der Waals surface area contributed by atoms with E-state index in [4.69, 9.17) is 11.6 Å². The number of aryl methyl sites for hydroxylation is 1. The summed E-state index contributed by atoms with van der Waals surface area (Å²) >= 11 is 7.30. The SMILES string of the molecule is Cn1c(-c2cnc(NC(=O)c3ccc(Cl)cc3)s2)cc2ccccc21. The topological polar surface area (TPSA) is 46.9 Å². The zero-order valence-electron chi connectivity index (χ0n) is 13.4. The van der Waals surface area contributed by atoms with Crippen molar-refractivity contribution in [3.63, 3.8) is 0 Å². The Labute approximate surface area is 153 Å². The molecule has 0 atom stereocenters. The van der Waals surface area contributed by atoms with Crippen molar-refractivity contribution in [3.05, 3.63) is 71.4 Å². The van der Waals surface area contributed by atoms with Gasteiger partial charge in [-0.25, -0.2) is 4.98 Å². The van der Waals surface area contributed by atoms with Crippen LogP contribution in [-0.4, -0.2) is 15.5 Å². The molecule has 0 aliphatic rings. The van der Waals surface area contributed by atoms with Crippen molar-refractivity contribution in [1.82, 2.24) is 9.55 Å². The van der Waals surface area contributed by atoms with Gasteiger partial charge >= 0.3 is 0 Å². The molecule has 1 N–H and O–H groups in total. The molecule has 2 aromatic heterocycles. The maximum atomic E-state index is 12.3. The summed E-state index contributed by atoms with van der Waals surface area (Å²) in [6.07, 6.45) is 1.79. The van der Waals surface area contributed by atoms with E-state index in [2.05, 4.69) is 33.1 Å². The number of fused-ring (bicyclic) bond motifs is 1. The lowest BCUT2D eigenvalue weighted by Gasteiger charge is -2.02. The Morgan fingerprint density at radius 3 is 2.68 bits per heavy atom. The van der Waals surface area contributed by atoms with Crippen LogP contribution < -0.4 is 5.32 Å². The predicted octanol–water partition coefficient (Wildman–Crippen LogP) is 5.21.